The molecule has 4 heterocycles. The Balaban J connectivity index is 1.60. The number of aromatic amines is 2. The van der Waals surface area contributed by atoms with Crippen molar-refractivity contribution in [3.05, 3.63) is 83.7 Å². The van der Waals surface area contributed by atoms with Gasteiger partial charge in [-0.25, -0.2) is 14.4 Å². The van der Waals surface area contributed by atoms with Gasteiger partial charge in [-0.1, -0.05) is 30.3 Å². The number of aromatic nitrogens is 5. The third kappa shape index (κ3) is 2.44. The fourth-order valence-corrected chi connectivity index (χ4v) is 4.44. The molecule has 0 aliphatic carbocycles. The van der Waals surface area contributed by atoms with Crippen molar-refractivity contribution in [2.75, 3.05) is 11.4 Å². The van der Waals surface area contributed by atoms with Gasteiger partial charge in [0, 0.05) is 23.1 Å². The molecule has 5 aromatic rings. The van der Waals surface area contributed by atoms with Crippen LogP contribution < -0.4 is 4.90 Å². The monoisotopic (exact) mass is 384 g/mol. The summed E-state index contributed by atoms with van der Waals surface area (Å²) < 4.78 is 13.6. The standard InChI is InChI=1S/C22H17FN6/c23-14-7-5-13(6-8-14)20-19-16(15-3-1-2-4-18(15)27-19)9-10-29(20)22-17-11-26-28-21(17)24-12-25-22/h1-8,11-12,20,27H,9-10H2,(H,24,25,26,28). The Bertz CT molecular complexity index is 1340. The predicted molar refractivity (Wildman–Crippen MR) is 109 cm³/mol. The van der Waals surface area contributed by atoms with E-state index in [1.165, 1.54) is 23.1 Å². The number of nitrogens with one attached hydrogen (secondary N) is 2. The highest BCUT2D eigenvalue weighted by Crippen LogP contribution is 2.41. The molecule has 1 aliphatic rings. The second kappa shape index (κ2) is 6.13. The van der Waals surface area contributed by atoms with E-state index in [9.17, 15) is 4.39 Å². The van der Waals surface area contributed by atoms with Crippen molar-refractivity contribution in [2.24, 2.45) is 0 Å². The van der Waals surface area contributed by atoms with Gasteiger partial charge in [0.1, 0.15) is 18.0 Å². The van der Waals surface area contributed by atoms with Crippen molar-refractivity contribution in [1.29, 1.82) is 0 Å². The maximum Gasteiger partial charge on any atom is 0.160 e. The average molecular weight is 384 g/mol. The zero-order chi connectivity index (χ0) is 19.4. The number of H-pyrrole nitrogens is 2. The van der Waals surface area contributed by atoms with E-state index in [4.69, 9.17) is 0 Å². The summed E-state index contributed by atoms with van der Waals surface area (Å²) in [6, 6.07) is 15.0. The summed E-state index contributed by atoms with van der Waals surface area (Å²) in [5.41, 5.74) is 5.26. The first-order valence-corrected chi connectivity index (χ1v) is 9.55. The van der Waals surface area contributed by atoms with Gasteiger partial charge in [-0.15, -0.1) is 0 Å². The van der Waals surface area contributed by atoms with Gasteiger partial charge in [0.15, 0.2) is 5.65 Å². The first-order valence-electron chi connectivity index (χ1n) is 9.55. The lowest BCUT2D eigenvalue weighted by molar-refractivity contribution is 0.617. The van der Waals surface area contributed by atoms with Crippen LogP contribution in [-0.2, 0) is 6.42 Å². The van der Waals surface area contributed by atoms with Gasteiger partial charge in [-0.05, 0) is 35.7 Å². The van der Waals surface area contributed by atoms with Crippen molar-refractivity contribution >= 4 is 27.8 Å². The molecule has 29 heavy (non-hydrogen) atoms. The molecule has 0 saturated heterocycles. The van der Waals surface area contributed by atoms with E-state index < -0.39 is 0 Å². The van der Waals surface area contributed by atoms with Crippen LogP contribution in [0.5, 0.6) is 0 Å². The SMILES string of the molecule is Fc1ccc(C2c3[nH]c4ccccc4c3CCN2c2ncnc3[nH]ncc23)cc1. The van der Waals surface area contributed by atoms with Gasteiger partial charge < -0.3 is 9.88 Å². The molecule has 3 aromatic heterocycles. The zero-order valence-electron chi connectivity index (χ0n) is 15.4. The van der Waals surface area contributed by atoms with E-state index >= 15 is 0 Å². The summed E-state index contributed by atoms with van der Waals surface area (Å²) in [5.74, 6) is 0.578. The second-order valence-electron chi connectivity index (χ2n) is 7.29. The molecule has 1 atom stereocenters. The number of halogens is 1. The van der Waals surface area contributed by atoms with Crippen molar-refractivity contribution < 1.29 is 4.39 Å². The number of rotatable bonds is 2. The van der Waals surface area contributed by atoms with Crippen molar-refractivity contribution in [1.82, 2.24) is 25.1 Å². The number of benzene rings is 2. The molecule has 1 aliphatic heterocycles. The molecular formula is C22H17FN6. The molecule has 0 fully saturated rings. The van der Waals surface area contributed by atoms with Crippen LogP contribution in [0.15, 0.2) is 61.1 Å². The fraction of sp³-hybridized carbons (Fsp3) is 0.136. The lowest BCUT2D eigenvalue weighted by Gasteiger charge is -2.37. The summed E-state index contributed by atoms with van der Waals surface area (Å²) in [7, 11) is 0. The highest BCUT2D eigenvalue weighted by molar-refractivity contribution is 5.89. The summed E-state index contributed by atoms with van der Waals surface area (Å²) in [6.45, 7) is 0.786. The first-order chi connectivity index (χ1) is 14.3. The molecule has 0 amide bonds. The number of hydrogen-bond acceptors (Lipinski definition) is 4. The largest absolute Gasteiger partial charge is 0.356 e. The van der Waals surface area contributed by atoms with Crippen LogP contribution in [-0.4, -0.2) is 31.7 Å². The van der Waals surface area contributed by atoms with Crippen molar-refractivity contribution in [3.63, 3.8) is 0 Å². The second-order valence-corrected chi connectivity index (χ2v) is 7.29. The van der Waals surface area contributed by atoms with E-state index in [0.717, 1.165) is 40.9 Å². The van der Waals surface area contributed by atoms with Gasteiger partial charge >= 0.3 is 0 Å². The quantitative estimate of drug-likeness (QED) is 0.480. The Morgan fingerprint density at radius 2 is 1.86 bits per heavy atom. The molecule has 1 unspecified atom stereocenters. The van der Waals surface area contributed by atoms with Crippen LogP contribution in [0.4, 0.5) is 10.2 Å². The zero-order valence-corrected chi connectivity index (χ0v) is 15.4. The summed E-state index contributed by atoms with van der Waals surface area (Å²) >= 11 is 0. The van der Waals surface area contributed by atoms with Crippen LogP contribution in [0.25, 0.3) is 21.9 Å². The lowest BCUT2D eigenvalue weighted by Crippen LogP contribution is -2.36. The number of hydrogen-bond donors (Lipinski definition) is 2. The van der Waals surface area contributed by atoms with E-state index in [-0.39, 0.29) is 11.9 Å². The van der Waals surface area contributed by atoms with Crippen molar-refractivity contribution in [3.8, 4) is 0 Å². The van der Waals surface area contributed by atoms with E-state index in [1.54, 1.807) is 12.5 Å². The van der Waals surface area contributed by atoms with Gasteiger partial charge in [0.05, 0.1) is 17.6 Å². The number of anilines is 1. The minimum Gasteiger partial charge on any atom is -0.356 e. The Morgan fingerprint density at radius 3 is 2.76 bits per heavy atom. The van der Waals surface area contributed by atoms with E-state index in [0.29, 0.717) is 5.65 Å². The van der Waals surface area contributed by atoms with Gasteiger partial charge in [-0.2, -0.15) is 5.10 Å². The maximum absolute atomic E-state index is 13.6. The summed E-state index contributed by atoms with van der Waals surface area (Å²) in [5, 5.41) is 9.17. The third-order valence-electron chi connectivity index (χ3n) is 5.72. The molecule has 0 spiro atoms. The summed E-state index contributed by atoms with van der Waals surface area (Å²) in [6.07, 6.45) is 4.20. The van der Waals surface area contributed by atoms with Crippen LogP contribution in [0.2, 0.25) is 0 Å². The molecule has 0 radical (unpaired) electrons. The highest BCUT2D eigenvalue weighted by Gasteiger charge is 2.33. The minimum atomic E-state index is -0.243. The van der Waals surface area contributed by atoms with Crippen LogP contribution >= 0.6 is 0 Å². The Kier molecular flexibility index (Phi) is 3.43. The number of para-hydroxylation sites is 1. The Labute approximate surface area is 165 Å². The number of nitrogens with zero attached hydrogens (tertiary/aromatic N) is 4. The molecule has 2 N–H and O–H groups in total. The molecule has 142 valence electrons. The van der Waals surface area contributed by atoms with E-state index in [1.807, 2.05) is 18.2 Å². The molecule has 6 nitrogen and oxygen atoms in total. The van der Waals surface area contributed by atoms with Gasteiger partial charge in [0.25, 0.3) is 0 Å². The topological polar surface area (TPSA) is 73.5 Å². The maximum atomic E-state index is 13.6. The van der Waals surface area contributed by atoms with E-state index in [2.05, 4.69) is 48.2 Å². The normalized spacial score (nSPS) is 16.4. The average Bonchev–Trinajstić information content (AvgIpc) is 3.38. The van der Waals surface area contributed by atoms with Crippen LogP contribution in [0, 0.1) is 5.82 Å². The Hall–Kier alpha value is -3.74. The molecule has 6 rings (SSSR count). The minimum absolute atomic E-state index is 0.111. The molecule has 0 saturated carbocycles. The van der Waals surface area contributed by atoms with Crippen molar-refractivity contribution in [2.45, 2.75) is 12.5 Å². The van der Waals surface area contributed by atoms with Crippen LogP contribution in [0.3, 0.4) is 0 Å². The van der Waals surface area contributed by atoms with Gasteiger partial charge in [-0.3, -0.25) is 5.10 Å². The molecular weight excluding hydrogens is 367 g/mol. The summed E-state index contributed by atoms with van der Waals surface area (Å²) in [4.78, 5) is 14.7. The third-order valence-corrected chi connectivity index (χ3v) is 5.72. The molecule has 0 bridgehead atoms. The lowest BCUT2D eigenvalue weighted by atomic mass is 9.92. The highest BCUT2D eigenvalue weighted by atomic mass is 19.1. The van der Waals surface area contributed by atoms with Crippen LogP contribution in [0.1, 0.15) is 22.9 Å². The first kappa shape index (κ1) is 16.2. The smallest absolute Gasteiger partial charge is 0.160 e. The fourth-order valence-electron chi connectivity index (χ4n) is 4.44. The molecule has 7 heteroatoms. The predicted octanol–water partition coefficient (Wildman–Crippen LogP) is 4.13. The molecule has 2 aromatic carbocycles. The number of fused-ring (bicyclic) bond motifs is 4. The Morgan fingerprint density at radius 1 is 1.00 bits per heavy atom. The van der Waals surface area contributed by atoms with Gasteiger partial charge in [0.2, 0.25) is 0 Å².